The van der Waals surface area contributed by atoms with E-state index in [-0.39, 0.29) is 17.3 Å². The molecule has 0 bridgehead atoms. The fraction of sp³-hybridized carbons (Fsp3) is 0.167. The summed E-state index contributed by atoms with van der Waals surface area (Å²) in [4.78, 5) is 3.97. The number of nitrogens with one attached hydrogen (secondary N) is 1. The topological polar surface area (TPSA) is 87.4 Å². The van der Waals surface area contributed by atoms with Crippen LogP contribution in [0.15, 0.2) is 50.3 Å². The molecule has 138 valence electrons. The molecule has 6 nitrogen and oxygen atoms in total. The summed E-state index contributed by atoms with van der Waals surface area (Å²) < 4.78 is 49.2. The van der Waals surface area contributed by atoms with Gasteiger partial charge in [-0.3, -0.25) is 0 Å². The second-order valence-electron chi connectivity index (χ2n) is 5.40. The SMILES string of the molecule is CCc1nc(C#N)c(N/N=C\c2ccc(-c3cccc(C(F)(F)F)c3)o2)o1. The number of hydrogen-bond donors (Lipinski definition) is 1. The van der Waals surface area contributed by atoms with E-state index in [0.29, 0.717) is 23.6 Å². The molecule has 0 saturated carbocycles. The molecule has 0 atom stereocenters. The van der Waals surface area contributed by atoms with E-state index in [0.717, 1.165) is 12.1 Å². The molecule has 0 aliphatic heterocycles. The second kappa shape index (κ2) is 7.37. The third-order valence-electron chi connectivity index (χ3n) is 3.54. The summed E-state index contributed by atoms with van der Waals surface area (Å²) in [7, 11) is 0. The molecule has 0 spiro atoms. The molecule has 3 rings (SSSR count). The van der Waals surface area contributed by atoms with Gasteiger partial charge in [0.15, 0.2) is 5.89 Å². The minimum Gasteiger partial charge on any atom is -0.455 e. The summed E-state index contributed by atoms with van der Waals surface area (Å²) in [5.41, 5.74) is 2.17. The van der Waals surface area contributed by atoms with Gasteiger partial charge in [-0.1, -0.05) is 19.1 Å². The minimum atomic E-state index is -4.43. The Hall–Kier alpha value is -3.54. The van der Waals surface area contributed by atoms with Crippen molar-refractivity contribution in [2.75, 3.05) is 5.43 Å². The average molecular weight is 374 g/mol. The Morgan fingerprint density at radius 1 is 1.26 bits per heavy atom. The third-order valence-corrected chi connectivity index (χ3v) is 3.54. The zero-order valence-corrected chi connectivity index (χ0v) is 14.0. The predicted molar refractivity (Wildman–Crippen MR) is 91.0 cm³/mol. The summed E-state index contributed by atoms with van der Waals surface area (Å²) >= 11 is 0. The number of benzene rings is 1. The minimum absolute atomic E-state index is 0.0769. The molecule has 0 radical (unpaired) electrons. The molecule has 3 aromatic rings. The number of hydrazone groups is 1. The zero-order valence-electron chi connectivity index (χ0n) is 14.0. The smallest absolute Gasteiger partial charge is 0.416 e. The van der Waals surface area contributed by atoms with Gasteiger partial charge >= 0.3 is 6.18 Å². The molecule has 0 fully saturated rings. The summed E-state index contributed by atoms with van der Waals surface area (Å²) in [6.45, 7) is 1.83. The lowest BCUT2D eigenvalue weighted by Gasteiger charge is -2.07. The first kappa shape index (κ1) is 18.3. The van der Waals surface area contributed by atoms with E-state index in [1.165, 1.54) is 18.3 Å². The normalized spacial score (nSPS) is 11.7. The van der Waals surface area contributed by atoms with Crippen LogP contribution in [0, 0.1) is 11.3 Å². The second-order valence-corrected chi connectivity index (χ2v) is 5.40. The highest BCUT2D eigenvalue weighted by Gasteiger charge is 2.30. The zero-order chi connectivity index (χ0) is 19.4. The van der Waals surface area contributed by atoms with Crippen molar-refractivity contribution in [1.82, 2.24) is 4.98 Å². The first-order valence-corrected chi connectivity index (χ1v) is 7.87. The molecule has 0 aliphatic carbocycles. The first-order valence-electron chi connectivity index (χ1n) is 7.87. The first-order chi connectivity index (χ1) is 12.9. The number of oxazole rings is 1. The van der Waals surface area contributed by atoms with E-state index in [9.17, 15) is 13.2 Å². The van der Waals surface area contributed by atoms with Crippen LogP contribution in [0.1, 0.15) is 29.8 Å². The van der Waals surface area contributed by atoms with Gasteiger partial charge in [0.25, 0.3) is 5.88 Å². The van der Waals surface area contributed by atoms with Gasteiger partial charge in [0.1, 0.15) is 17.6 Å². The maximum atomic E-state index is 12.8. The van der Waals surface area contributed by atoms with Crippen molar-refractivity contribution in [2.45, 2.75) is 19.5 Å². The number of nitrogens with zero attached hydrogens (tertiary/aromatic N) is 3. The van der Waals surface area contributed by atoms with Gasteiger partial charge < -0.3 is 8.83 Å². The van der Waals surface area contributed by atoms with Crippen LogP contribution in [-0.4, -0.2) is 11.2 Å². The van der Waals surface area contributed by atoms with Gasteiger partial charge in [-0.15, -0.1) is 0 Å². The Kier molecular flexibility index (Phi) is 4.98. The van der Waals surface area contributed by atoms with Crippen molar-refractivity contribution in [3.8, 4) is 17.4 Å². The molecule has 0 saturated heterocycles. The van der Waals surface area contributed by atoms with Crippen LogP contribution in [0.3, 0.4) is 0 Å². The molecule has 2 aromatic heterocycles. The number of anilines is 1. The van der Waals surface area contributed by atoms with Crippen molar-refractivity contribution < 1.29 is 22.0 Å². The molecule has 9 heteroatoms. The van der Waals surface area contributed by atoms with Gasteiger partial charge in [-0.05, 0) is 24.3 Å². The Labute approximate surface area is 151 Å². The fourth-order valence-electron chi connectivity index (χ4n) is 2.25. The quantitative estimate of drug-likeness (QED) is 0.510. The Bertz CT molecular complexity index is 1010. The number of hydrogen-bond acceptors (Lipinski definition) is 6. The number of aromatic nitrogens is 1. The molecule has 1 aromatic carbocycles. The van der Waals surface area contributed by atoms with E-state index in [1.807, 2.05) is 13.0 Å². The molecule has 0 aliphatic rings. The highest BCUT2D eigenvalue weighted by Crippen LogP contribution is 2.32. The summed E-state index contributed by atoms with van der Waals surface area (Å²) in [5.74, 6) is 1.08. The van der Waals surface area contributed by atoms with Gasteiger partial charge in [0, 0.05) is 12.0 Å². The Balaban J connectivity index is 1.74. The highest BCUT2D eigenvalue weighted by atomic mass is 19.4. The Morgan fingerprint density at radius 2 is 2.07 bits per heavy atom. The van der Waals surface area contributed by atoms with Crippen LogP contribution in [0.2, 0.25) is 0 Å². The Morgan fingerprint density at radius 3 is 2.78 bits per heavy atom. The average Bonchev–Trinajstić information content (AvgIpc) is 3.28. The van der Waals surface area contributed by atoms with Gasteiger partial charge in [-0.25, -0.2) is 10.4 Å². The number of alkyl halides is 3. The maximum Gasteiger partial charge on any atom is 0.416 e. The monoisotopic (exact) mass is 374 g/mol. The van der Waals surface area contributed by atoms with E-state index in [2.05, 4.69) is 15.5 Å². The lowest BCUT2D eigenvalue weighted by atomic mass is 10.1. The molecule has 0 unspecified atom stereocenters. The molecule has 0 amide bonds. The van der Waals surface area contributed by atoms with Crippen molar-refractivity contribution in [3.05, 3.63) is 59.3 Å². The lowest BCUT2D eigenvalue weighted by molar-refractivity contribution is -0.137. The number of furan rings is 1. The molecule has 27 heavy (non-hydrogen) atoms. The van der Waals surface area contributed by atoms with E-state index >= 15 is 0 Å². The van der Waals surface area contributed by atoms with Gasteiger partial charge in [0.2, 0.25) is 5.69 Å². The standard InChI is InChI=1S/C18H13F3N4O2/c1-2-16-24-14(9-22)17(27-16)25-23-10-13-6-7-15(26-13)11-4-3-5-12(8-11)18(19,20)21/h3-8,10,25H,2H2,1H3/b23-10-. The lowest BCUT2D eigenvalue weighted by Crippen LogP contribution is -2.04. The number of rotatable bonds is 5. The van der Waals surface area contributed by atoms with Crippen LogP contribution in [-0.2, 0) is 12.6 Å². The molecule has 1 N–H and O–H groups in total. The molecular weight excluding hydrogens is 361 g/mol. The van der Waals surface area contributed by atoms with Crippen molar-refractivity contribution in [3.63, 3.8) is 0 Å². The highest BCUT2D eigenvalue weighted by molar-refractivity contribution is 5.78. The number of aryl methyl sites for hydroxylation is 1. The summed E-state index contributed by atoms with van der Waals surface area (Å²) in [6.07, 6.45) is -2.59. The number of nitriles is 1. The van der Waals surface area contributed by atoms with E-state index < -0.39 is 11.7 Å². The third kappa shape index (κ3) is 4.17. The van der Waals surface area contributed by atoms with Gasteiger partial charge in [-0.2, -0.15) is 23.5 Å². The molecule has 2 heterocycles. The largest absolute Gasteiger partial charge is 0.455 e. The van der Waals surface area contributed by atoms with Crippen LogP contribution >= 0.6 is 0 Å². The molecular formula is C18H13F3N4O2. The number of halogens is 3. The fourth-order valence-corrected chi connectivity index (χ4v) is 2.25. The predicted octanol–water partition coefficient (Wildman–Crippen LogP) is 4.83. The van der Waals surface area contributed by atoms with E-state index in [4.69, 9.17) is 14.1 Å². The van der Waals surface area contributed by atoms with Crippen LogP contribution in [0.5, 0.6) is 0 Å². The summed E-state index contributed by atoms with van der Waals surface area (Å²) in [6, 6.07) is 9.83. The van der Waals surface area contributed by atoms with Crippen LogP contribution in [0.4, 0.5) is 19.1 Å². The van der Waals surface area contributed by atoms with Gasteiger partial charge in [0.05, 0.1) is 11.8 Å². The van der Waals surface area contributed by atoms with Crippen molar-refractivity contribution >= 4 is 12.1 Å². The summed E-state index contributed by atoms with van der Waals surface area (Å²) in [5, 5.41) is 12.9. The van der Waals surface area contributed by atoms with Crippen LogP contribution in [0.25, 0.3) is 11.3 Å². The van der Waals surface area contributed by atoms with Crippen LogP contribution < -0.4 is 5.43 Å². The maximum absolute atomic E-state index is 12.8. The van der Waals surface area contributed by atoms with Crippen molar-refractivity contribution in [2.24, 2.45) is 5.10 Å². The van der Waals surface area contributed by atoms with Crippen molar-refractivity contribution in [1.29, 1.82) is 5.26 Å². The van der Waals surface area contributed by atoms with E-state index in [1.54, 1.807) is 12.1 Å².